The fourth-order valence-corrected chi connectivity index (χ4v) is 2.68. The summed E-state index contributed by atoms with van der Waals surface area (Å²) in [4.78, 5) is 17.3. The zero-order valence-electron chi connectivity index (χ0n) is 14.1. The minimum atomic E-state index is -0.461. The Morgan fingerprint density at radius 1 is 1.45 bits per heavy atom. The van der Waals surface area contributed by atoms with Crippen molar-refractivity contribution >= 4 is 6.09 Å². The number of piperidine rings is 1. The third-order valence-corrected chi connectivity index (χ3v) is 3.85. The molecule has 5 nitrogen and oxygen atoms in total. The number of H-pyrrole nitrogens is 1. The van der Waals surface area contributed by atoms with Gasteiger partial charge in [0.25, 0.3) is 0 Å². The SMILES string of the molecule is C[C@@H](OC[C@H]1CCCCN1C(=O)OC(C)(C)C)c1ccc[nH]1. The quantitative estimate of drug-likeness (QED) is 0.918. The molecular formula is C17H28N2O3. The molecule has 0 aromatic carbocycles. The summed E-state index contributed by atoms with van der Waals surface area (Å²) in [5.74, 6) is 0. The van der Waals surface area contributed by atoms with Crippen LogP contribution in [0, 0.1) is 0 Å². The Morgan fingerprint density at radius 2 is 2.23 bits per heavy atom. The second-order valence-corrected chi connectivity index (χ2v) is 6.92. The van der Waals surface area contributed by atoms with Crippen LogP contribution in [-0.2, 0) is 9.47 Å². The van der Waals surface area contributed by atoms with Gasteiger partial charge in [-0.1, -0.05) is 0 Å². The second-order valence-electron chi connectivity index (χ2n) is 6.92. The number of likely N-dealkylation sites (tertiary alicyclic amines) is 1. The van der Waals surface area contributed by atoms with Gasteiger partial charge in [0.2, 0.25) is 0 Å². The first kappa shape index (κ1) is 16.9. The topological polar surface area (TPSA) is 54.6 Å². The van der Waals surface area contributed by atoms with Gasteiger partial charge in [0.1, 0.15) is 5.60 Å². The number of nitrogens with one attached hydrogen (secondary N) is 1. The molecule has 22 heavy (non-hydrogen) atoms. The largest absolute Gasteiger partial charge is 0.444 e. The minimum absolute atomic E-state index is 0.00240. The minimum Gasteiger partial charge on any atom is -0.444 e. The van der Waals surface area contributed by atoms with Gasteiger partial charge >= 0.3 is 6.09 Å². The average molecular weight is 308 g/mol. The number of hydrogen-bond donors (Lipinski definition) is 1. The number of carbonyl (C=O) groups excluding carboxylic acids is 1. The number of aromatic amines is 1. The molecule has 0 spiro atoms. The lowest BCUT2D eigenvalue weighted by Gasteiger charge is -2.37. The number of nitrogens with zero attached hydrogens (tertiary/aromatic N) is 1. The highest BCUT2D eigenvalue weighted by Crippen LogP contribution is 2.23. The Hall–Kier alpha value is -1.49. The van der Waals surface area contributed by atoms with Crippen molar-refractivity contribution < 1.29 is 14.3 Å². The number of carbonyl (C=O) groups is 1. The van der Waals surface area contributed by atoms with Crippen molar-refractivity contribution in [2.75, 3.05) is 13.2 Å². The molecule has 2 heterocycles. The van der Waals surface area contributed by atoms with Crippen molar-refractivity contribution in [3.63, 3.8) is 0 Å². The second kappa shape index (κ2) is 7.18. The fourth-order valence-electron chi connectivity index (χ4n) is 2.68. The number of hydrogen-bond acceptors (Lipinski definition) is 3. The fraction of sp³-hybridized carbons (Fsp3) is 0.706. The Bertz CT molecular complexity index is 465. The standard InChI is InChI=1S/C17H28N2O3/c1-13(15-9-7-10-18-15)21-12-14-8-5-6-11-19(14)16(20)22-17(2,3)4/h7,9-10,13-14,18H,5-6,8,11-12H2,1-4H3/t13-,14-/m1/s1. The molecule has 5 heteroatoms. The van der Waals surface area contributed by atoms with E-state index in [-0.39, 0.29) is 18.2 Å². The molecule has 1 aromatic rings. The van der Waals surface area contributed by atoms with Crippen molar-refractivity contribution in [1.29, 1.82) is 0 Å². The molecule has 0 bridgehead atoms. The molecule has 0 saturated carbocycles. The van der Waals surface area contributed by atoms with E-state index in [0.29, 0.717) is 6.61 Å². The molecule has 2 atom stereocenters. The summed E-state index contributed by atoms with van der Waals surface area (Å²) >= 11 is 0. The number of amides is 1. The molecule has 1 saturated heterocycles. The smallest absolute Gasteiger partial charge is 0.410 e. The van der Waals surface area contributed by atoms with Gasteiger partial charge in [0.15, 0.2) is 0 Å². The summed E-state index contributed by atoms with van der Waals surface area (Å²) in [7, 11) is 0. The first-order valence-electron chi connectivity index (χ1n) is 8.11. The van der Waals surface area contributed by atoms with Gasteiger partial charge in [-0.3, -0.25) is 0 Å². The van der Waals surface area contributed by atoms with Gasteiger partial charge in [-0.05, 0) is 59.1 Å². The zero-order valence-corrected chi connectivity index (χ0v) is 14.1. The molecule has 0 radical (unpaired) electrons. The van der Waals surface area contributed by atoms with Crippen LogP contribution in [-0.4, -0.2) is 40.8 Å². The van der Waals surface area contributed by atoms with Crippen molar-refractivity contribution in [3.05, 3.63) is 24.0 Å². The van der Waals surface area contributed by atoms with E-state index in [1.54, 1.807) is 0 Å². The van der Waals surface area contributed by atoms with E-state index in [1.807, 2.05) is 50.9 Å². The van der Waals surface area contributed by atoms with Crippen LogP contribution >= 0.6 is 0 Å². The molecule has 2 rings (SSSR count). The lowest BCUT2D eigenvalue weighted by atomic mass is 10.0. The summed E-state index contributed by atoms with van der Waals surface area (Å²) in [6.07, 6.45) is 4.79. The highest BCUT2D eigenvalue weighted by molar-refractivity contribution is 5.68. The molecule has 1 amide bonds. The highest BCUT2D eigenvalue weighted by atomic mass is 16.6. The summed E-state index contributed by atoms with van der Waals surface area (Å²) in [6.45, 7) is 9.00. The van der Waals surface area contributed by atoms with Gasteiger partial charge < -0.3 is 19.4 Å². The van der Waals surface area contributed by atoms with Crippen LogP contribution in [0.1, 0.15) is 58.8 Å². The van der Waals surface area contributed by atoms with Crippen LogP contribution in [0.4, 0.5) is 4.79 Å². The molecule has 1 fully saturated rings. The lowest BCUT2D eigenvalue weighted by molar-refractivity contribution is -0.0217. The van der Waals surface area contributed by atoms with Gasteiger partial charge in [0, 0.05) is 18.4 Å². The molecule has 1 aromatic heterocycles. The van der Waals surface area contributed by atoms with E-state index in [9.17, 15) is 4.79 Å². The normalized spacial score (nSPS) is 20.7. The molecule has 124 valence electrons. The van der Waals surface area contributed by atoms with Crippen molar-refractivity contribution in [2.24, 2.45) is 0 Å². The van der Waals surface area contributed by atoms with Gasteiger partial charge in [-0.2, -0.15) is 0 Å². The summed E-state index contributed by atoms with van der Waals surface area (Å²) in [5.41, 5.74) is 0.594. The predicted octanol–water partition coefficient (Wildman–Crippen LogP) is 3.88. The van der Waals surface area contributed by atoms with Crippen LogP contribution in [0.5, 0.6) is 0 Å². The van der Waals surface area contributed by atoms with E-state index in [1.165, 1.54) is 0 Å². The van der Waals surface area contributed by atoms with Crippen molar-refractivity contribution in [2.45, 2.75) is 64.7 Å². The maximum atomic E-state index is 12.3. The summed E-state index contributed by atoms with van der Waals surface area (Å²) in [5, 5.41) is 0. The third-order valence-electron chi connectivity index (χ3n) is 3.85. The molecule has 1 N–H and O–H groups in total. The van der Waals surface area contributed by atoms with Crippen LogP contribution in [0.15, 0.2) is 18.3 Å². The summed E-state index contributed by atoms with van der Waals surface area (Å²) < 4.78 is 11.5. The molecular weight excluding hydrogens is 280 g/mol. The average Bonchev–Trinajstić information content (AvgIpc) is 2.97. The molecule has 0 aliphatic carbocycles. The number of aromatic nitrogens is 1. The third kappa shape index (κ3) is 4.77. The first-order valence-corrected chi connectivity index (χ1v) is 8.11. The maximum absolute atomic E-state index is 12.3. The Balaban J connectivity index is 1.90. The van der Waals surface area contributed by atoms with Gasteiger partial charge in [0.05, 0.1) is 18.8 Å². The van der Waals surface area contributed by atoms with E-state index in [0.717, 1.165) is 31.5 Å². The molecule has 1 aliphatic rings. The Kier molecular flexibility index (Phi) is 5.51. The maximum Gasteiger partial charge on any atom is 0.410 e. The zero-order chi connectivity index (χ0) is 16.2. The summed E-state index contributed by atoms with van der Waals surface area (Å²) in [6, 6.07) is 4.07. The molecule has 0 unspecified atom stereocenters. The van der Waals surface area contributed by atoms with Crippen LogP contribution < -0.4 is 0 Å². The van der Waals surface area contributed by atoms with E-state index >= 15 is 0 Å². The predicted molar refractivity (Wildman–Crippen MR) is 85.7 cm³/mol. The Labute approximate surface area is 133 Å². The lowest BCUT2D eigenvalue weighted by Crippen LogP contribution is -2.48. The highest BCUT2D eigenvalue weighted by Gasteiger charge is 2.30. The van der Waals surface area contributed by atoms with Crippen LogP contribution in [0.2, 0.25) is 0 Å². The van der Waals surface area contributed by atoms with Crippen molar-refractivity contribution in [3.8, 4) is 0 Å². The number of ether oxygens (including phenoxy) is 2. The van der Waals surface area contributed by atoms with Crippen molar-refractivity contribution in [1.82, 2.24) is 9.88 Å². The van der Waals surface area contributed by atoms with E-state index in [2.05, 4.69) is 4.98 Å². The van der Waals surface area contributed by atoms with Crippen LogP contribution in [0.3, 0.4) is 0 Å². The van der Waals surface area contributed by atoms with E-state index in [4.69, 9.17) is 9.47 Å². The molecule has 1 aliphatic heterocycles. The Morgan fingerprint density at radius 3 is 2.86 bits per heavy atom. The van der Waals surface area contributed by atoms with Gasteiger partial charge in [-0.25, -0.2) is 4.79 Å². The monoisotopic (exact) mass is 308 g/mol. The number of rotatable bonds is 4. The van der Waals surface area contributed by atoms with Gasteiger partial charge in [-0.15, -0.1) is 0 Å². The van der Waals surface area contributed by atoms with E-state index < -0.39 is 5.60 Å². The van der Waals surface area contributed by atoms with Crippen LogP contribution in [0.25, 0.3) is 0 Å². The first-order chi connectivity index (χ1) is 10.4.